The summed E-state index contributed by atoms with van der Waals surface area (Å²) in [5.41, 5.74) is 1.27. The quantitative estimate of drug-likeness (QED) is 0.527. The Bertz CT molecular complexity index is 829. The van der Waals surface area contributed by atoms with Crippen LogP contribution in [0.25, 0.3) is 6.08 Å². The predicted octanol–water partition coefficient (Wildman–Crippen LogP) is 3.30. The zero-order chi connectivity index (χ0) is 20.4. The Hall–Kier alpha value is -3.48. The first-order valence-corrected chi connectivity index (χ1v) is 8.65. The first kappa shape index (κ1) is 20.8. The molecule has 0 aromatic heterocycles. The van der Waals surface area contributed by atoms with Crippen LogP contribution in [0.5, 0.6) is 17.2 Å². The third-order valence-corrected chi connectivity index (χ3v) is 3.63. The number of carbonyl (C=O) groups excluding carboxylic acids is 2. The zero-order valence-electron chi connectivity index (χ0n) is 16.1. The topological polar surface area (TPSA) is 83.1 Å². The van der Waals surface area contributed by atoms with Crippen molar-refractivity contribution >= 4 is 23.6 Å². The van der Waals surface area contributed by atoms with Gasteiger partial charge in [-0.25, -0.2) is 4.79 Å². The summed E-state index contributed by atoms with van der Waals surface area (Å²) in [6.45, 7) is 2.07. The standard InChI is InChI=1S/C21H23NO6/c1-4-27-17-10-7-16(8-11-17)22-20(23)14-28-21(24)12-6-15-5-9-18(25-2)13-19(15)26-3/h5-13H,4,14H2,1-3H3,(H,22,23)/b12-6+. The molecule has 2 aromatic rings. The number of benzene rings is 2. The first-order valence-electron chi connectivity index (χ1n) is 8.65. The Morgan fingerprint density at radius 2 is 1.71 bits per heavy atom. The molecule has 0 fully saturated rings. The van der Waals surface area contributed by atoms with Gasteiger partial charge in [-0.1, -0.05) is 0 Å². The molecular formula is C21H23NO6. The van der Waals surface area contributed by atoms with Gasteiger partial charge < -0.3 is 24.3 Å². The lowest BCUT2D eigenvalue weighted by Crippen LogP contribution is -2.20. The van der Waals surface area contributed by atoms with Crippen LogP contribution < -0.4 is 19.5 Å². The molecule has 0 radical (unpaired) electrons. The van der Waals surface area contributed by atoms with Gasteiger partial charge in [-0.15, -0.1) is 0 Å². The van der Waals surface area contributed by atoms with Crippen molar-refractivity contribution in [2.75, 3.05) is 32.8 Å². The Balaban J connectivity index is 1.84. The fourth-order valence-electron chi connectivity index (χ4n) is 2.30. The average Bonchev–Trinajstić information content (AvgIpc) is 2.72. The smallest absolute Gasteiger partial charge is 0.331 e. The van der Waals surface area contributed by atoms with E-state index in [1.165, 1.54) is 13.2 Å². The third-order valence-electron chi connectivity index (χ3n) is 3.63. The molecule has 0 saturated heterocycles. The van der Waals surface area contributed by atoms with E-state index in [-0.39, 0.29) is 0 Å². The molecule has 0 spiro atoms. The van der Waals surface area contributed by atoms with Gasteiger partial charge in [-0.05, 0) is 49.4 Å². The van der Waals surface area contributed by atoms with E-state index in [4.69, 9.17) is 18.9 Å². The molecule has 28 heavy (non-hydrogen) atoms. The highest BCUT2D eigenvalue weighted by molar-refractivity contribution is 5.94. The summed E-state index contributed by atoms with van der Waals surface area (Å²) in [7, 11) is 3.08. The van der Waals surface area contributed by atoms with Crippen molar-refractivity contribution in [3.63, 3.8) is 0 Å². The number of esters is 1. The molecule has 0 aliphatic carbocycles. The number of hydrogen-bond acceptors (Lipinski definition) is 6. The Kier molecular flexibility index (Phi) is 7.90. The number of anilines is 1. The van der Waals surface area contributed by atoms with Crippen molar-refractivity contribution < 1.29 is 28.5 Å². The maximum absolute atomic E-state index is 11.9. The molecule has 1 amide bonds. The summed E-state index contributed by atoms with van der Waals surface area (Å²) in [5.74, 6) is 0.831. The van der Waals surface area contributed by atoms with Crippen LogP contribution in [0, 0.1) is 0 Å². The highest BCUT2D eigenvalue weighted by atomic mass is 16.5. The minimum Gasteiger partial charge on any atom is -0.497 e. The van der Waals surface area contributed by atoms with Crippen LogP contribution >= 0.6 is 0 Å². The van der Waals surface area contributed by atoms with Crippen molar-refractivity contribution in [2.24, 2.45) is 0 Å². The average molecular weight is 385 g/mol. The van der Waals surface area contributed by atoms with Crippen LogP contribution in [-0.4, -0.2) is 39.3 Å². The van der Waals surface area contributed by atoms with Gasteiger partial charge in [0, 0.05) is 23.4 Å². The van der Waals surface area contributed by atoms with Crippen LogP contribution in [0.4, 0.5) is 5.69 Å². The van der Waals surface area contributed by atoms with E-state index in [0.717, 1.165) is 0 Å². The summed E-state index contributed by atoms with van der Waals surface area (Å²) in [4.78, 5) is 23.7. The summed E-state index contributed by atoms with van der Waals surface area (Å²) in [5, 5.41) is 2.64. The Morgan fingerprint density at radius 1 is 1.00 bits per heavy atom. The maximum Gasteiger partial charge on any atom is 0.331 e. The van der Waals surface area contributed by atoms with Crippen molar-refractivity contribution in [3.8, 4) is 17.2 Å². The highest BCUT2D eigenvalue weighted by Gasteiger charge is 2.07. The summed E-state index contributed by atoms with van der Waals surface area (Å²) in [6.07, 6.45) is 2.78. The number of nitrogens with one attached hydrogen (secondary N) is 1. The highest BCUT2D eigenvalue weighted by Crippen LogP contribution is 2.25. The maximum atomic E-state index is 11.9. The number of ether oxygens (including phenoxy) is 4. The molecule has 0 saturated carbocycles. The van der Waals surface area contributed by atoms with Gasteiger partial charge in [-0.3, -0.25) is 4.79 Å². The van der Waals surface area contributed by atoms with Gasteiger partial charge in [0.05, 0.1) is 20.8 Å². The molecule has 0 bridgehead atoms. The second-order valence-electron chi connectivity index (χ2n) is 5.55. The lowest BCUT2D eigenvalue weighted by Gasteiger charge is -2.08. The molecule has 1 N–H and O–H groups in total. The van der Waals surface area contributed by atoms with Crippen molar-refractivity contribution in [1.82, 2.24) is 0 Å². The molecule has 148 valence electrons. The molecule has 2 aromatic carbocycles. The van der Waals surface area contributed by atoms with Gasteiger partial charge in [0.15, 0.2) is 6.61 Å². The minimum absolute atomic E-state index is 0.393. The second kappa shape index (κ2) is 10.6. The van der Waals surface area contributed by atoms with Crippen LogP contribution in [0.1, 0.15) is 12.5 Å². The lowest BCUT2D eigenvalue weighted by atomic mass is 10.2. The molecule has 7 heteroatoms. The summed E-state index contributed by atoms with van der Waals surface area (Å²) < 4.78 is 20.7. The molecule has 0 unspecified atom stereocenters. The number of rotatable bonds is 9. The van der Waals surface area contributed by atoms with E-state index >= 15 is 0 Å². The van der Waals surface area contributed by atoms with E-state index in [2.05, 4.69) is 5.32 Å². The summed E-state index contributed by atoms with van der Waals surface area (Å²) in [6, 6.07) is 12.1. The largest absolute Gasteiger partial charge is 0.497 e. The number of hydrogen-bond donors (Lipinski definition) is 1. The fraction of sp³-hybridized carbons (Fsp3) is 0.238. The molecule has 7 nitrogen and oxygen atoms in total. The van der Waals surface area contributed by atoms with Gasteiger partial charge in [0.2, 0.25) is 0 Å². The van der Waals surface area contributed by atoms with Crippen LogP contribution in [-0.2, 0) is 14.3 Å². The fourth-order valence-corrected chi connectivity index (χ4v) is 2.30. The van der Waals surface area contributed by atoms with Gasteiger partial charge >= 0.3 is 5.97 Å². The third kappa shape index (κ3) is 6.35. The van der Waals surface area contributed by atoms with Gasteiger partial charge in [-0.2, -0.15) is 0 Å². The van der Waals surface area contributed by atoms with Crippen LogP contribution in [0.2, 0.25) is 0 Å². The second-order valence-corrected chi connectivity index (χ2v) is 5.55. The number of carbonyl (C=O) groups is 2. The normalized spacial score (nSPS) is 10.4. The Morgan fingerprint density at radius 3 is 2.36 bits per heavy atom. The molecule has 0 aliphatic heterocycles. The van der Waals surface area contributed by atoms with Crippen molar-refractivity contribution in [2.45, 2.75) is 6.92 Å². The van der Waals surface area contributed by atoms with Crippen molar-refractivity contribution in [1.29, 1.82) is 0 Å². The van der Waals surface area contributed by atoms with Crippen LogP contribution in [0.3, 0.4) is 0 Å². The molecule has 0 heterocycles. The van der Waals surface area contributed by atoms with E-state index < -0.39 is 18.5 Å². The SMILES string of the molecule is CCOc1ccc(NC(=O)COC(=O)/C=C/c2ccc(OC)cc2OC)cc1. The number of methoxy groups -OCH3 is 2. The molecular weight excluding hydrogens is 362 g/mol. The lowest BCUT2D eigenvalue weighted by molar-refractivity contribution is -0.142. The van der Waals surface area contributed by atoms with E-state index in [0.29, 0.717) is 35.1 Å². The van der Waals surface area contributed by atoms with E-state index in [1.807, 2.05) is 6.92 Å². The monoisotopic (exact) mass is 385 g/mol. The van der Waals surface area contributed by atoms with Crippen molar-refractivity contribution in [3.05, 3.63) is 54.1 Å². The molecule has 2 rings (SSSR count). The van der Waals surface area contributed by atoms with Crippen LogP contribution in [0.15, 0.2) is 48.5 Å². The minimum atomic E-state index is -0.639. The molecule has 0 aliphatic rings. The van der Waals surface area contributed by atoms with E-state index in [1.54, 1.807) is 55.7 Å². The van der Waals surface area contributed by atoms with E-state index in [9.17, 15) is 9.59 Å². The molecule has 0 atom stereocenters. The zero-order valence-corrected chi connectivity index (χ0v) is 16.1. The summed E-state index contributed by atoms with van der Waals surface area (Å²) >= 11 is 0. The number of amides is 1. The predicted molar refractivity (Wildman–Crippen MR) is 106 cm³/mol. The van der Waals surface area contributed by atoms with Gasteiger partial charge in [0.1, 0.15) is 17.2 Å². The van der Waals surface area contributed by atoms with Gasteiger partial charge in [0.25, 0.3) is 5.91 Å². The first-order chi connectivity index (χ1) is 13.5. The Labute approximate surface area is 163 Å².